The van der Waals surface area contributed by atoms with E-state index in [1.807, 2.05) is 0 Å². The van der Waals surface area contributed by atoms with E-state index in [2.05, 4.69) is 35.0 Å². The maximum atomic E-state index is 3.42. The third-order valence-corrected chi connectivity index (χ3v) is 2.87. The molecule has 0 N–H and O–H groups in total. The summed E-state index contributed by atoms with van der Waals surface area (Å²) < 4.78 is 0. The van der Waals surface area contributed by atoms with Gasteiger partial charge in [0.05, 0.1) is 0 Å². The van der Waals surface area contributed by atoms with Gasteiger partial charge in [-0.3, -0.25) is 0 Å². The summed E-state index contributed by atoms with van der Waals surface area (Å²) in [5.74, 6) is 0. The van der Waals surface area contributed by atoms with Crippen LogP contribution in [0.5, 0.6) is 0 Å². The average molecular weight is 261 g/mol. The van der Waals surface area contributed by atoms with Crippen LogP contribution in [-0.2, 0) is 0 Å². The Kier molecular flexibility index (Phi) is 13.4. The molecule has 0 saturated heterocycles. The van der Waals surface area contributed by atoms with Crippen LogP contribution >= 0.6 is 15.9 Å². The molecule has 0 aromatic carbocycles. The Bertz CT molecular complexity index is 118. The third kappa shape index (κ3) is 12.2. The number of hydrogen-bond acceptors (Lipinski definition) is 0. The molecule has 0 aliphatic heterocycles. The smallest absolute Gasteiger partial charge is 0.00659 e. The Morgan fingerprint density at radius 1 is 0.786 bits per heavy atom. The summed E-state index contributed by atoms with van der Waals surface area (Å²) >= 11 is 3.42. The largest absolute Gasteiger partial charge is 0.0925 e. The first-order valence-electron chi connectivity index (χ1n) is 6.12. The van der Waals surface area contributed by atoms with Crippen molar-refractivity contribution < 1.29 is 0 Å². The van der Waals surface area contributed by atoms with E-state index in [-0.39, 0.29) is 0 Å². The van der Waals surface area contributed by atoms with Crippen molar-refractivity contribution in [2.24, 2.45) is 0 Å². The van der Waals surface area contributed by atoms with E-state index in [1.54, 1.807) is 0 Å². The number of hydrogen-bond donors (Lipinski definition) is 0. The molecular formula is C13H25Br. The van der Waals surface area contributed by atoms with Gasteiger partial charge in [-0.1, -0.05) is 73.5 Å². The van der Waals surface area contributed by atoms with Crippen LogP contribution in [0.3, 0.4) is 0 Å². The lowest BCUT2D eigenvalue weighted by atomic mass is 10.1. The van der Waals surface area contributed by atoms with Crippen molar-refractivity contribution in [2.75, 3.05) is 5.33 Å². The number of allylic oxidation sites excluding steroid dienone is 2. The van der Waals surface area contributed by atoms with Crippen molar-refractivity contribution in [3.8, 4) is 0 Å². The molecule has 0 radical (unpaired) electrons. The molecule has 0 nitrogen and oxygen atoms in total. The van der Waals surface area contributed by atoms with Crippen LogP contribution in [0.15, 0.2) is 12.2 Å². The third-order valence-electron chi connectivity index (χ3n) is 2.42. The first-order valence-corrected chi connectivity index (χ1v) is 7.25. The van der Waals surface area contributed by atoms with Gasteiger partial charge in [0, 0.05) is 5.33 Å². The zero-order valence-electron chi connectivity index (χ0n) is 9.60. The van der Waals surface area contributed by atoms with Gasteiger partial charge in [-0.25, -0.2) is 0 Å². The molecule has 84 valence electrons. The second-order valence-corrected chi connectivity index (χ2v) is 4.65. The number of unbranched alkanes of at least 4 members (excludes halogenated alkanes) is 7. The van der Waals surface area contributed by atoms with Gasteiger partial charge in [-0.15, -0.1) is 0 Å². The van der Waals surface area contributed by atoms with E-state index < -0.39 is 0 Å². The lowest BCUT2D eigenvalue weighted by Gasteiger charge is -1.98. The predicted octanol–water partition coefficient (Wildman–Crippen LogP) is 5.47. The standard InChI is InChI=1S/C13H25Br/c1-2-3-4-5-6-7-8-9-10-11-12-13-14/h10-11H,2-9,12-13H2,1H3/b11-10+. The highest BCUT2D eigenvalue weighted by molar-refractivity contribution is 9.09. The number of rotatable bonds is 10. The van der Waals surface area contributed by atoms with E-state index in [4.69, 9.17) is 0 Å². The molecule has 0 saturated carbocycles. The zero-order valence-corrected chi connectivity index (χ0v) is 11.2. The fourth-order valence-electron chi connectivity index (χ4n) is 1.52. The van der Waals surface area contributed by atoms with Crippen molar-refractivity contribution in [3.05, 3.63) is 12.2 Å². The van der Waals surface area contributed by atoms with Gasteiger partial charge in [0.1, 0.15) is 0 Å². The van der Waals surface area contributed by atoms with Gasteiger partial charge in [0.2, 0.25) is 0 Å². The molecule has 0 rings (SSSR count). The molecule has 0 aromatic rings. The van der Waals surface area contributed by atoms with E-state index in [0.29, 0.717) is 0 Å². The van der Waals surface area contributed by atoms with Gasteiger partial charge in [0.15, 0.2) is 0 Å². The minimum absolute atomic E-state index is 1.10. The molecule has 0 aliphatic rings. The van der Waals surface area contributed by atoms with Crippen LogP contribution in [0.25, 0.3) is 0 Å². The van der Waals surface area contributed by atoms with Crippen LogP contribution in [0.4, 0.5) is 0 Å². The topological polar surface area (TPSA) is 0 Å². The summed E-state index contributed by atoms with van der Waals surface area (Å²) in [6.07, 6.45) is 17.0. The summed E-state index contributed by atoms with van der Waals surface area (Å²) in [6.45, 7) is 2.27. The van der Waals surface area contributed by atoms with Crippen LogP contribution in [-0.4, -0.2) is 5.33 Å². The lowest BCUT2D eigenvalue weighted by Crippen LogP contribution is -1.79. The Morgan fingerprint density at radius 2 is 1.36 bits per heavy atom. The fourth-order valence-corrected chi connectivity index (χ4v) is 1.78. The fraction of sp³-hybridized carbons (Fsp3) is 0.846. The van der Waals surface area contributed by atoms with Crippen molar-refractivity contribution in [1.29, 1.82) is 0 Å². The molecule has 0 atom stereocenters. The Balaban J connectivity index is 2.91. The van der Waals surface area contributed by atoms with Crippen LogP contribution < -0.4 is 0 Å². The molecule has 0 spiro atoms. The molecule has 0 fully saturated rings. The van der Waals surface area contributed by atoms with Gasteiger partial charge >= 0.3 is 0 Å². The molecule has 0 aliphatic carbocycles. The van der Waals surface area contributed by atoms with Gasteiger partial charge < -0.3 is 0 Å². The van der Waals surface area contributed by atoms with Gasteiger partial charge in [0.25, 0.3) is 0 Å². The molecule has 0 bridgehead atoms. The lowest BCUT2D eigenvalue weighted by molar-refractivity contribution is 0.592. The van der Waals surface area contributed by atoms with Gasteiger partial charge in [-0.05, 0) is 19.3 Å². The van der Waals surface area contributed by atoms with Crippen molar-refractivity contribution in [2.45, 2.75) is 64.7 Å². The maximum absolute atomic E-state index is 3.42. The molecule has 14 heavy (non-hydrogen) atoms. The number of alkyl halides is 1. The van der Waals surface area contributed by atoms with E-state index in [1.165, 1.54) is 57.8 Å². The minimum atomic E-state index is 1.10. The zero-order chi connectivity index (χ0) is 10.5. The van der Waals surface area contributed by atoms with Crippen molar-refractivity contribution in [3.63, 3.8) is 0 Å². The molecule has 0 amide bonds. The number of halogens is 1. The summed E-state index contributed by atoms with van der Waals surface area (Å²) in [5, 5.41) is 1.10. The van der Waals surface area contributed by atoms with Crippen LogP contribution in [0.2, 0.25) is 0 Å². The maximum Gasteiger partial charge on any atom is 0.00659 e. The Morgan fingerprint density at radius 3 is 2.00 bits per heavy atom. The average Bonchev–Trinajstić information content (AvgIpc) is 2.21. The SMILES string of the molecule is CCCCCCCCC/C=C/CCBr. The highest BCUT2D eigenvalue weighted by Crippen LogP contribution is 2.08. The molecule has 1 heteroatoms. The summed E-state index contributed by atoms with van der Waals surface area (Å²) in [4.78, 5) is 0. The van der Waals surface area contributed by atoms with E-state index >= 15 is 0 Å². The Hall–Kier alpha value is 0.220. The Labute approximate surface area is 98.3 Å². The summed E-state index contributed by atoms with van der Waals surface area (Å²) in [7, 11) is 0. The van der Waals surface area contributed by atoms with Crippen molar-refractivity contribution >= 4 is 15.9 Å². The van der Waals surface area contributed by atoms with Crippen LogP contribution in [0.1, 0.15) is 64.7 Å². The minimum Gasteiger partial charge on any atom is -0.0925 e. The first kappa shape index (κ1) is 14.2. The predicted molar refractivity (Wildman–Crippen MR) is 70.2 cm³/mol. The van der Waals surface area contributed by atoms with Gasteiger partial charge in [-0.2, -0.15) is 0 Å². The highest BCUT2D eigenvalue weighted by Gasteiger charge is 1.88. The molecule has 0 unspecified atom stereocenters. The summed E-state index contributed by atoms with van der Waals surface area (Å²) in [5.41, 5.74) is 0. The first-order chi connectivity index (χ1) is 6.91. The highest BCUT2D eigenvalue weighted by atomic mass is 79.9. The molecule has 0 aromatic heterocycles. The second-order valence-electron chi connectivity index (χ2n) is 3.86. The van der Waals surface area contributed by atoms with Crippen LogP contribution in [0, 0.1) is 0 Å². The monoisotopic (exact) mass is 260 g/mol. The quantitative estimate of drug-likeness (QED) is 0.278. The molecular weight excluding hydrogens is 236 g/mol. The van der Waals surface area contributed by atoms with E-state index in [9.17, 15) is 0 Å². The second kappa shape index (κ2) is 13.2. The normalized spacial score (nSPS) is 11.3. The molecule has 0 heterocycles. The van der Waals surface area contributed by atoms with Crippen molar-refractivity contribution in [1.82, 2.24) is 0 Å². The van der Waals surface area contributed by atoms with E-state index in [0.717, 1.165) is 5.33 Å². The summed E-state index contributed by atoms with van der Waals surface area (Å²) in [6, 6.07) is 0.